The number of ether oxygens (including phenoxy) is 1. The standard InChI is InChI=1S/C9H20N2.C9H19N.C8H18N2.C8H17NO.C8H17N.C6H15N.CH4/c1-9(2)8-11-6-4-10(3)5-7-11;1-9(2)8-10-6-4-3-5-7-10;1-8(2)7-10-5-3-9-4-6-10;1-8(2)7-9-3-5-10-6-4-9;1-8(2)7-9-5-3-4-6-9;1-6(2)5-7(3)4;/h9H,4-8H2,1-3H3;9H,3-8H2,1-2H3;8-9H,3-7H2,1-2H3;8H,3-7H2,1-2H3;8H,3-7H2,1-2H3;6H,5H2,1-4H3;1H4. The molecule has 5 fully saturated rings. The predicted octanol–water partition coefficient (Wildman–Crippen LogP) is 8.12. The van der Waals surface area contributed by atoms with E-state index in [1.165, 1.54) is 150 Å². The van der Waals surface area contributed by atoms with Crippen molar-refractivity contribution >= 4 is 0 Å². The molecule has 0 amide bonds. The Balaban J connectivity index is 0. The summed E-state index contributed by atoms with van der Waals surface area (Å²) in [6, 6.07) is 0. The number of likely N-dealkylation sites (N-methyl/N-ethyl adjacent to an activating group) is 1. The average molecular weight is 827 g/mol. The average Bonchev–Trinajstić information content (AvgIpc) is 3.63. The molecule has 5 aliphatic heterocycles. The van der Waals surface area contributed by atoms with Gasteiger partial charge in [0.1, 0.15) is 0 Å². The van der Waals surface area contributed by atoms with E-state index in [-0.39, 0.29) is 7.43 Å². The van der Waals surface area contributed by atoms with Crippen LogP contribution in [-0.4, -0.2) is 200 Å². The summed E-state index contributed by atoms with van der Waals surface area (Å²) in [4.78, 5) is 17.3. The molecular formula is C49H110N8O. The molecule has 5 rings (SSSR count). The maximum atomic E-state index is 5.24. The van der Waals surface area contributed by atoms with Crippen molar-refractivity contribution in [3.05, 3.63) is 0 Å². The summed E-state index contributed by atoms with van der Waals surface area (Å²) in [5, 5.41) is 3.35. The molecule has 0 aromatic rings. The number of rotatable bonds is 12. The summed E-state index contributed by atoms with van der Waals surface area (Å²) in [6.45, 7) is 54.1. The van der Waals surface area contributed by atoms with Gasteiger partial charge < -0.3 is 39.5 Å². The summed E-state index contributed by atoms with van der Waals surface area (Å²) in [5.41, 5.74) is 0. The van der Waals surface area contributed by atoms with E-state index < -0.39 is 0 Å². The van der Waals surface area contributed by atoms with Crippen molar-refractivity contribution in [3.8, 4) is 0 Å². The van der Waals surface area contributed by atoms with Crippen molar-refractivity contribution in [1.82, 2.24) is 39.6 Å². The first-order valence-corrected chi connectivity index (χ1v) is 24.2. The van der Waals surface area contributed by atoms with E-state index in [4.69, 9.17) is 4.74 Å². The van der Waals surface area contributed by atoms with Crippen molar-refractivity contribution in [3.63, 3.8) is 0 Å². The predicted molar refractivity (Wildman–Crippen MR) is 261 cm³/mol. The maximum absolute atomic E-state index is 5.24. The molecular weight excluding hydrogens is 717 g/mol. The van der Waals surface area contributed by atoms with Crippen LogP contribution in [0.15, 0.2) is 0 Å². The third-order valence-electron chi connectivity index (χ3n) is 10.4. The molecule has 0 aromatic carbocycles. The lowest BCUT2D eigenvalue weighted by molar-refractivity contribution is 0.0329. The van der Waals surface area contributed by atoms with E-state index in [9.17, 15) is 0 Å². The Labute approximate surface area is 366 Å². The van der Waals surface area contributed by atoms with Crippen molar-refractivity contribution in [1.29, 1.82) is 0 Å². The lowest BCUT2D eigenvalue weighted by atomic mass is 10.1. The van der Waals surface area contributed by atoms with Crippen LogP contribution in [0.2, 0.25) is 0 Å². The monoisotopic (exact) mass is 827 g/mol. The van der Waals surface area contributed by atoms with Gasteiger partial charge in [0.2, 0.25) is 0 Å². The van der Waals surface area contributed by atoms with Gasteiger partial charge in [-0.2, -0.15) is 0 Å². The highest BCUT2D eigenvalue weighted by Crippen LogP contribution is 2.11. The van der Waals surface area contributed by atoms with Gasteiger partial charge in [0, 0.05) is 98.2 Å². The molecule has 5 heterocycles. The Hall–Kier alpha value is -0.360. The van der Waals surface area contributed by atoms with Crippen LogP contribution >= 0.6 is 0 Å². The molecule has 0 radical (unpaired) electrons. The number of piperazine rings is 2. The van der Waals surface area contributed by atoms with Crippen LogP contribution in [0.4, 0.5) is 0 Å². The normalized spacial score (nSPS) is 20.4. The van der Waals surface area contributed by atoms with Gasteiger partial charge in [-0.1, -0.05) is 96.9 Å². The highest BCUT2D eigenvalue weighted by molar-refractivity contribution is 4.71. The van der Waals surface area contributed by atoms with Gasteiger partial charge in [0.15, 0.2) is 0 Å². The fraction of sp³-hybridized carbons (Fsp3) is 1.00. The Morgan fingerprint density at radius 1 is 0.414 bits per heavy atom. The first-order chi connectivity index (χ1) is 27.0. The molecule has 58 heavy (non-hydrogen) atoms. The molecule has 9 nitrogen and oxygen atoms in total. The quantitative estimate of drug-likeness (QED) is 0.210. The first-order valence-electron chi connectivity index (χ1n) is 24.2. The van der Waals surface area contributed by atoms with Crippen LogP contribution in [0.1, 0.15) is 123 Å². The van der Waals surface area contributed by atoms with E-state index in [1.54, 1.807) is 0 Å². The molecule has 5 aliphatic rings. The second-order valence-electron chi connectivity index (χ2n) is 20.6. The van der Waals surface area contributed by atoms with Crippen molar-refractivity contribution < 1.29 is 4.74 Å². The number of piperidine rings is 1. The van der Waals surface area contributed by atoms with Crippen LogP contribution < -0.4 is 5.32 Å². The molecule has 0 saturated carbocycles. The van der Waals surface area contributed by atoms with Gasteiger partial charge in [-0.05, 0) is 115 Å². The Kier molecular flexibility index (Phi) is 39.5. The third kappa shape index (κ3) is 39.8. The van der Waals surface area contributed by atoms with E-state index in [2.05, 4.69) is 144 Å². The van der Waals surface area contributed by atoms with Gasteiger partial charge in [-0.25, -0.2) is 0 Å². The summed E-state index contributed by atoms with van der Waals surface area (Å²) in [5.74, 6) is 4.92. The zero-order chi connectivity index (χ0) is 43.0. The minimum absolute atomic E-state index is 0. The van der Waals surface area contributed by atoms with Crippen LogP contribution in [0.3, 0.4) is 0 Å². The molecule has 0 bridgehead atoms. The van der Waals surface area contributed by atoms with Gasteiger partial charge in [0.25, 0.3) is 0 Å². The van der Waals surface area contributed by atoms with Gasteiger partial charge in [0.05, 0.1) is 13.2 Å². The summed E-state index contributed by atoms with van der Waals surface area (Å²) in [6.07, 6.45) is 7.15. The minimum atomic E-state index is 0. The largest absolute Gasteiger partial charge is 0.379 e. The van der Waals surface area contributed by atoms with Crippen LogP contribution in [0, 0.1) is 35.5 Å². The van der Waals surface area contributed by atoms with E-state index in [0.717, 1.165) is 61.8 Å². The second kappa shape index (κ2) is 38.3. The van der Waals surface area contributed by atoms with Crippen molar-refractivity contribution in [2.75, 3.05) is 165 Å². The smallest absolute Gasteiger partial charge is 0.0594 e. The number of hydrogen-bond acceptors (Lipinski definition) is 9. The van der Waals surface area contributed by atoms with Crippen LogP contribution in [0.5, 0.6) is 0 Å². The van der Waals surface area contributed by atoms with Gasteiger partial charge in [-0.3, -0.25) is 4.90 Å². The first kappa shape index (κ1) is 59.7. The molecule has 0 spiro atoms. The number of nitrogens with zero attached hydrogens (tertiary/aromatic N) is 7. The summed E-state index contributed by atoms with van der Waals surface area (Å²) < 4.78 is 5.24. The molecule has 0 unspecified atom stereocenters. The lowest BCUT2D eigenvalue weighted by Crippen LogP contribution is -2.45. The fourth-order valence-corrected chi connectivity index (χ4v) is 8.13. The van der Waals surface area contributed by atoms with E-state index in [0.29, 0.717) is 0 Å². The zero-order valence-electron chi connectivity index (χ0n) is 41.6. The zero-order valence-corrected chi connectivity index (χ0v) is 41.6. The molecule has 5 saturated heterocycles. The topological polar surface area (TPSA) is 43.9 Å². The van der Waals surface area contributed by atoms with Gasteiger partial charge in [-0.15, -0.1) is 0 Å². The highest BCUT2D eigenvalue weighted by Gasteiger charge is 2.15. The van der Waals surface area contributed by atoms with Crippen molar-refractivity contribution in [2.24, 2.45) is 35.5 Å². The highest BCUT2D eigenvalue weighted by atomic mass is 16.5. The Morgan fingerprint density at radius 2 is 0.724 bits per heavy atom. The molecule has 0 aliphatic carbocycles. The summed E-state index contributed by atoms with van der Waals surface area (Å²) in [7, 11) is 6.40. The number of nitrogens with one attached hydrogen (secondary N) is 1. The summed E-state index contributed by atoms with van der Waals surface area (Å²) >= 11 is 0. The number of likely N-dealkylation sites (tertiary alicyclic amines) is 2. The fourth-order valence-electron chi connectivity index (χ4n) is 8.13. The molecule has 1 N–H and O–H groups in total. The number of hydrogen-bond donors (Lipinski definition) is 1. The van der Waals surface area contributed by atoms with Crippen LogP contribution in [-0.2, 0) is 4.74 Å². The Morgan fingerprint density at radius 3 is 1.03 bits per heavy atom. The molecule has 352 valence electrons. The van der Waals surface area contributed by atoms with Crippen molar-refractivity contribution in [2.45, 2.75) is 123 Å². The van der Waals surface area contributed by atoms with E-state index in [1.807, 2.05) is 0 Å². The number of morpholine rings is 1. The van der Waals surface area contributed by atoms with Gasteiger partial charge >= 0.3 is 0 Å². The molecule has 0 aromatic heterocycles. The molecule has 0 atom stereocenters. The maximum Gasteiger partial charge on any atom is 0.0594 e. The third-order valence-corrected chi connectivity index (χ3v) is 10.4. The van der Waals surface area contributed by atoms with Crippen LogP contribution in [0.25, 0.3) is 0 Å². The Bertz CT molecular complexity index is 759. The SMILES string of the molecule is C.CC(C)CN(C)C.CC(C)CN1CCCC1.CC(C)CN1CCCCC1.CC(C)CN1CCN(C)CC1.CC(C)CN1CCNCC1.CC(C)CN1CCOCC1. The lowest BCUT2D eigenvalue weighted by Gasteiger charge is -2.33. The van der Waals surface area contributed by atoms with E-state index >= 15 is 0 Å². The minimum Gasteiger partial charge on any atom is -0.379 e. The second-order valence-corrected chi connectivity index (χ2v) is 20.6. The molecule has 9 heteroatoms.